The molecule has 1 fully saturated rings. The van der Waals surface area contributed by atoms with Gasteiger partial charge in [0.25, 0.3) is 0 Å². The summed E-state index contributed by atoms with van der Waals surface area (Å²) >= 11 is 0. The van der Waals surface area contributed by atoms with Crippen molar-refractivity contribution in [3.05, 3.63) is 35.9 Å². The zero-order valence-electron chi connectivity index (χ0n) is 11.4. The molecule has 0 amide bonds. The van der Waals surface area contributed by atoms with Crippen molar-refractivity contribution in [1.82, 2.24) is 5.32 Å². The fourth-order valence-electron chi connectivity index (χ4n) is 2.49. The third-order valence-corrected chi connectivity index (χ3v) is 4.19. The van der Waals surface area contributed by atoms with Crippen molar-refractivity contribution >= 4 is 0 Å². The maximum Gasteiger partial charge on any atom is 0.0105 e. The van der Waals surface area contributed by atoms with Crippen LogP contribution >= 0.6 is 0 Å². The third-order valence-electron chi connectivity index (χ3n) is 4.19. The summed E-state index contributed by atoms with van der Waals surface area (Å²) in [5.41, 5.74) is 2.04. The Hall–Kier alpha value is -0.820. The second-order valence-electron chi connectivity index (χ2n) is 6.09. The predicted octanol–water partition coefficient (Wildman–Crippen LogP) is 3.64. The van der Waals surface area contributed by atoms with Gasteiger partial charge in [-0.25, -0.2) is 0 Å². The zero-order valence-corrected chi connectivity index (χ0v) is 11.4. The lowest BCUT2D eigenvalue weighted by atomic mass is 10.0. The molecule has 1 aliphatic carbocycles. The molecule has 2 unspecified atom stereocenters. The molecular formula is C16H25N. The van der Waals surface area contributed by atoms with Gasteiger partial charge in [-0.1, -0.05) is 51.1 Å². The standard InChI is InChI=1S/C16H25N/c1-4-15(10-13-8-6-5-7-9-13)17-12-14-11-16(14,2)3/h5-9,14-15,17H,4,10-12H2,1-3H3. The summed E-state index contributed by atoms with van der Waals surface area (Å²) in [6.45, 7) is 8.21. The van der Waals surface area contributed by atoms with Crippen molar-refractivity contribution in [1.29, 1.82) is 0 Å². The Balaban J connectivity index is 1.77. The second-order valence-corrected chi connectivity index (χ2v) is 6.09. The van der Waals surface area contributed by atoms with E-state index in [4.69, 9.17) is 0 Å². The summed E-state index contributed by atoms with van der Waals surface area (Å²) in [6.07, 6.45) is 3.76. The Morgan fingerprint density at radius 2 is 1.94 bits per heavy atom. The normalized spacial score (nSPS) is 23.4. The molecule has 2 rings (SSSR count). The van der Waals surface area contributed by atoms with Gasteiger partial charge >= 0.3 is 0 Å². The maximum atomic E-state index is 3.74. The van der Waals surface area contributed by atoms with Crippen LogP contribution in [0.4, 0.5) is 0 Å². The van der Waals surface area contributed by atoms with Crippen LogP contribution in [0.25, 0.3) is 0 Å². The Morgan fingerprint density at radius 1 is 1.29 bits per heavy atom. The first kappa shape index (κ1) is 12.6. The first-order chi connectivity index (χ1) is 8.12. The summed E-state index contributed by atoms with van der Waals surface area (Å²) < 4.78 is 0. The van der Waals surface area contributed by atoms with Gasteiger partial charge in [0.1, 0.15) is 0 Å². The second kappa shape index (κ2) is 5.22. The van der Waals surface area contributed by atoms with Crippen LogP contribution in [0.1, 0.15) is 39.2 Å². The molecule has 1 aromatic rings. The van der Waals surface area contributed by atoms with Crippen LogP contribution in [-0.2, 0) is 6.42 Å². The first-order valence-corrected chi connectivity index (χ1v) is 6.89. The molecule has 1 saturated carbocycles. The van der Waals surface area contributed by atoms with Crippen molar-refractivity contribution in [2.24, 2.45) is 11.3 Å². The minimum absolute atomic E-state index is 0.595. The minimum Gasteiger partial charge on any atom is -0.313 e. The van der Waals surface area contributed by atoms with E-state index in [1.807, 2.05) is 0 Å². The number of benzene rings is 1. The molecular weight excluding hydrogens is 206 g/mol. The van der Waals surface area contributed by atoms with E-state index in [2.05, 4.69) is 56.4 Å². The first-order valence-electron chi connectivity index (χ1n) is 6.89. The molecule has 17 heavy (non-hydrogen) atoms. The Kier molecular flexibility index (Phi) is 3.88. The minimum atomic E-state index is 0.595. The molecule has 0 saturated heterocycles. The fourth-order valence-corrected chi connectivity index (χ4v) is 2.49. The van der Waals surface area contributed by atoms with E-state index < -0.39 is 0 Å². The zero-order chi connectivity index (χ0) is 12.3. The van der Waals surface area contributed by atoms with Gasteiger partial charge in [0.2, 0.25) is 0 Å². The average Bonchev–Trinajstić information content (AvgIpc) is 2.94. The van der Waals surface area contributed by atoms with Crippen LogP contribution in [0, 0.1) is 11.3 Å². The van der Waals surface area contributed by atoms with E-state index in [9.17, 15) is 0 Å². The van der Waals surface area contributed by atoms with Crippen molar-refractivity contribution in [3.8, 4) is 0 Å². The number of rotatable bonds is 6. The van der Waals surface area contributed by atoms with Crippen LogP contribution in [0.15, 0.2) is 30.3 Å². The summed E-state index contributed by atoms with van der Waals surface area (Å²) in [5, 5.41) is 3.74. The van der Waals surface area contributed by atoms with Crippen molar-refractivity contribution in [3.63, 3.8) is 0 Å². The van der Waals surface area contributed by atoms with Crippen molar-refractivity contribution < 1.29 is 0 Å². The van der Waals surface area contributed by atoms with Crippen LogP contribution in [0.2, 0.25) is 0 Å². The molecule has 0 heterocycles. The summed E-state index contributed by atoms with van der Waals surface area (Å²) in [4.78, 5) is 0. The average molecular weight is 231 g/mol. The molecule has 1 nitrogen and oxygen atoms in total. The van der Waals surface area contributed by atoms with E-state index in [0.717, 1.165) is 12.3 Å². The largest absolute Gasteiger partial charge is 0.313 e. The lowest BCUT2D eigenvalue weighted by Gasteiger charge is -2.17. The van der Waals surface area contributed by atoms with Gasteiger partial charge in [0.15, 0.2) is 0 Å². The number of hydrogen-bond donors (Lipinski definition) is 1. The molecule has 0 aromatic heterocycles. The van der Waals surface area contributed by atoms with Crippen LogP contribution < -0.4 is 5.32 Å². The molecule has 0 aliphatic heterocycles. The van der Waals surface area contributed by atoms with Crippen LogP contribution in [0.3, 0.4) is 0 Å². The molecule has 1 aliphatic rings. The monoisotopic (exact) mass is 231 g/mol. The number of hydrogen-bond acceptors (Lipinski definition) is 1. The molecule has 0 bridgehead atoms. The molecule has 0 radical (unpaired) electrons. The molecule has 1 heteroatoms. The predicted molar refractivity (Wildman–Crippen MR) is 74.1 cm³/mol. The smallest absolute Gasteiger partial charge is 0.0105 e. The van der Waals surface area contributed by atoms with Crippen molar-refractivity contribution in [2.45, 2.75) is 46.1 Å². The third kappa shape index (κ3) is 3.57. The molecule has 1 aromatic carbocycles. The van der Waals surface area contributed by atoms with Gasteiger partial charge in [-0.05, 0) is 42.7 Å². The molecule has 2 atom stereocenters. The quantitative estimate of drug-likeness (QED) is 0.788. The number of nitrogens with one attached hydrogen (secondary N) is 1. The van der Waals surface area contributed by atoms with Gasteiger partial charge < -0.3 is 5.32 Å². The van der Waals surface area contributed by atoms with Gasteiger partial charge in [-0.15, -0.1) is 0 Å². The highest BCUT2D eigenvalue weighted by molar-refractivity contribution is 5.15. The molecule has 0 spiro atoms. The Morgan fingerprint density at radius 3 is 2.47 bits per heavy atom. The highest BCUT2D eigenvalue weighted by Gasteiger charge is 2.44. The SMILES string of the molecule is CCC(Cc1ccccc1)NCC1CC1(C)C. The lowest BCUT2D eigenvalue weighted by molar-refractivity contribution is 0.448. The summed E-state index contributed by atoms with van der Waals surface area (Å²) in [6, 6.07) is 11.4. The Labute approximate surface area is 106 Å². The highest BCUT2D eigenvalue weighted by atomic mass is 14.9. The maximum absolute atomic E-state index is 3.74. The summed E-state index contributed by atoms with van der Waals surface area (Å²) in [5.74, 6) is 0.896. The fraction of sp³-hybridized carbons (Fsp3) is 0.625. The highest BCUT2D eigenvalue weighted by Crippen LogP contribution is 2.51. The van der Waals surface area contributed by atoms with Gasteiger partial charge in [-0.2, -0.15) is 0 Å². The van der Waals surface area contributed by atoms with Gasteiger partial charge in [0, 0.05) is 6.04 Å². The Bertz CT molecular complexity index is 342. The summed E-state index contributed by atoms with van der Waals surface area (Å²) in [7, 11) is 0. The van der Waals surface area contributed by atoms with E-state index in [1.54, 1.807) is 0 Å². The van der Waals surface area contributed by atoms with Gasteiger partial charge in [-0.3, -0.25) is 0 Å². The van der Waals surface area contributed by atoms with E-state index in [0.29, 0.717) is 11.5 Å². The topological polar surface area (TPSA) is 12.0 Å². The van der Waals surface area contributed by atoms with E-state index in [1.165, 1.54) is 24.9 Å². The molecule has 1 N–H and O–H groups in total. The van der Waals surface area contributed by atoms with Crippen LogP contribution in [-0.4, -0.2) is 12.6 Å². The van der Waals surface area contributed by atoms with Gasteiger partial charge in [0.05, 0.1) is 0 Å². The molecule has 94 valence electrons. The van der Waals surface area contributed by atoms with E-state index >= 15 is 0 Å². The van der Waals surface area contributed by atoms with Crippen LogP contribution in [0.5, 0.6) is 0 Å². The van der Waals surface area contributed by atoms with Crippen molar-refractivity contribution in [2.75, 3.05) is 6.54 Å². The lowest BCUT2D eigenvalue weighted by Crippen LogP contribution is -2.32. The van der Waals surface area contributed by atoms with E-state index in [-0.39, 0.29) is 0 Å².